The number of rotatable bonds is 2. The Morgan fingerprint density at radius 3 is 1.42 bits per heavy atom. The molecule has 0 radical (unpaired) electrons. The van der Waals surface area contributed by atoms with Crippen LogP contribution in [0.4, 0.5) is 0 Å². The molecule has 0 saturated carbocycles. The molecule has 7 aromatic carbocycles. The molecule has 0 fully saturated rings. The Morgan fingerprint density at radius 2 is 0.860 bits per heavy atom. The van der Waals surface area contributed by atoms with Crippen LogP contribution in [0.15, 0.2) is 138 Å². The lowest BCUT2D eigenvalue weighted by Gasteiger charge is -2.15. The van der Waals surface area contributed by atoms with Gasteiger partial charge in [-0.15, -0.1) is 0 Å². The predicted molar refractivity (Wildman–Crippen MR) is 183 cm³/mol. The summed E-state index contributed by atoms with van der Waals surface area (Å²) in [4.78, 5) is 15.3. The van der Waals surface area contributed by atoms with E-state index in [9.17, 15) is 0 Å². The van der Waals surface area contributed by atoms with Gasteiger partial charge in [0.25, 0.3) is 0 Å². The molecular weight excluding hydrogens is 590 g/mol. The van der Waals surface area contributed by atoms with Gasteiger partial charge in [-0.25, -0.2) is 15.0 Å². The fourth-order valence-electron chi connectivity index (χ4n) is 6.64. The van der Waals surface area contributed by atoms with E-state index in [1.165, 1.54) is 32.3 Å². The van der Waals surface area contributed by atoms with Crippen LogP contribution in [0, 0.1) is 0 Å². The van der Waals surface area contributed by atoms with E-state index in [0.29, 0.717) is 4.73 Å². The minimum Gasteiger partial charge on any atom is -0.245 e. The van der Waals surface area contributed by atoms with Gasteiger partial charge in [-0.1, -0.05) is 109 Å². The lowest BCUT2D eigenvalue weighted by molar-refractivity contribution is 1.17. The first-order valence-electron chi connectivity index (χ1n) is 14.3. The quantitative estimate of drug-likeness (QED) is 0.111. The molecule has 0 saturated heterocycles. The minimum atomic E-state index is 0.544. The highest BCUT2D eigenvalue weighted by Crippen LogP contribution is 2.41. The van der Waals surface area contributed by atoms with Crippen LogP contribution in [0.25, 0.3) is 87.4 Å². The van der Waals surface area contributed by atoms with Crippen molar-refractivity contribution >= 4 is 80.8 Å². The van der Waals surface area contributed by atoms with Crippen molar-refractivity contribution in [2.24, 2.45) is 0 Å². The second-order valence-electron chi connectivity index (χ2n) is 11.0. The highest BCUT2D eigenvalue weighted by atomic mass is 79.9. The van der Waals surface area contributed by atoms with E-state index in [1.807, 2.05) is 0 Å². The molecule has 200 valence electrons. The summed E-state index contributed by atoms with van der Waals surface area (Å²) in [5.41, 5.74) is 5.77. The summed E-state index contributed by atoms with van der Waals surface area (Å²) in [6, 6.07) is 47.3. The fraction of sp³-hybridized carbons (Fsp3) is 0. The van der Waals surface area contributed by atoms with Gasteiger partial charge in [0.2, 0.25) is 0 Å². The molecule has 0 N–H and O–H groups in total. The topological polar surface area (TPSA) is 38.7 Å². The lowest BCUT2D eigenvalue weighted by Crippen LogP contribution is -1.96. The van der Waals surface area contributed by atoms with Gasteiger partial charge < -0.3 is 0 Å². The van der Waals surface area contributed by atoms with E-state index in [1.54, 1.807) is 0 Å². The minimum absolute atomic E-state index is 0.544. The van der Waals surface area contributed by atoms with Gasteiger partial charge in [0.15, 0.2) is 4.73 Å². The van der Waals surface area contributed by atoms with Gasteiger partial charge in [0.05, 0.1) is 16.9 Å². The van der Waals surface area contributed by atoms with E-state index in [2.05, 4.69) is 149 Å². The molecule has 4 heteroatoms. The molecule has 0 atom stereocenters. The highest BCUT2D eigenvalue weighted by molar-refractivity contribution is 9.10. The summed E-state index contributed by atoms with van der Waals surface area (Å²) in [5, 5.41) is 11.5. The number of nitrogens with zero attached hydrogens (tertiary/aromatic N) is 3. The third-order valence-electron chi connectivity index (χ3n) is 8.53. The third kappa shape index (κ3) is 3.77. The average molecular weight is 613 g/mol. The fourth-order valence-corrected chi connectivity index (χ4v) is 6.99. The van der Waals surface area contributed by atoms with Crippen LogP contribution in [0.1, 0.15) is 0 Å². The normalized spacial score (nSPS) is 11.8. The zero-order valence-electron chi connectivity index (χ0n) is 22.9. The first-order valence-corrected chi connectivity index (χ1v) is 15.1. The van der Waals surface area contributed by atoms with Crippen LogP contribution in [0.2, 0.25) is 0 Å². The zero-order chi connectivity index (χ0) is 28.5. The van der Waals surface area contributed by atoms with Gasteiger partial charge in [-0.3, -0.25) is 0 Å². The van der Waals surface area contributed by atoms with Gasteiger partial charge in [-0.05, 0) is 83.3 Å². The van der Waals surface area contributed by atoms with E-state index in [4.69, 9.17) is 15.0 Å². The number of aromatic nitrogens is 3. The van der Waals surface area contributed by atoms with Crippen molar-refractivity contribution in [1.29, 1.82) is 0 Å². The molecule has 2 aromatic heterocycles. The summed E-state index contributed by atoms with van der Waals surface area (Å²) in [5.74, 6) is 0. The molecule has 2 heterocycles. The number of hydrogen-bond acceptors (Lipinski definition) is 3. The molecule has 9 aromatic rings. The molecule has 9 rings (SSSR count). The Balaban J connectivity index is 1.39. The van der Waals surface area contributed by atoms with Crippen LogP contribution in [-0.2, 0) is 0 Å². The van der Waals surface area contributed by atoms with Crippen molar-refractivity contribution in [2.45, 2.75) is 0 Å². The Hall–Kier alpha value is -5.19. The maximum absolute atomic E-state index is 5.36. The molecule has 0 unspecified atom stereocenters. The monoisotopic (exact) mass is 611 g/mol. The molecule has 43 heavy (non-hydrogen) atoms. The van der Waals surface area contributed by atoms with E-state index < -0.39 is 0 Å². The maximum Gasteiger partial charge on any atom is 0.197 e. The Kier molecular flexibility index (Phi) is 5.34. The molecule has 0 aliphatic heterocycles. The second kappa shape index (κ2) is 9.41. The van der Waals surface area contributed by atoms with Crippen LogP contribution >= 0.6 is 15.9 Å². The summed E-state index contributed by atoms with van der Waals surface area (Å²) >= 11 is 3.67. The molecule has 0 aliphatic rings. The summed E-state index contributed by atoms with van der Waals surface area (Å²) in [6.45, 7) is 0. The molecule has 0 bridgehead atoms. The number of pyridine rings is 1. The smallest absolute Gasteiger partial charge is 0.197 e. The summed E-state index contributed by atoms with van der Waals surface area (Å²) in [7, 11) is 0. The highest BCUT2D eigenvalue weighted by Gasteiger charge is 2.19. The second-order valence-corrected chi connectivity index (χ2v) is 11.7. The number of fused-ring (bicyclic) bond motifs is 7. The van der Waals surface area contributed by atoms with Crippen molar-refractivity contribution < 1.29 is 0 Å². The van der Waals surface area contributed by atoms with Crippen LogP contribution < -0.4 is 0 Å². The van der Waals surface area contributed by atoms with Crippen molar-refractivity contribution in [1.82, 2.24) is 15.0 Å². The molecule has 0 spiro atoms. The molecule has 3 nitrogen and oxygen atoms in total. The van der Waals surface area contributed by atoms with E-state index in [-0.39, 0.29) is 0 Å². The van der Waals surface area contributed by atoms with Crippen molar-refractivity contribution in [3.63, 3.8) is 0 Å². The van der Waals surface area contributed by atoms with Gasteiger partial charge in [0.1, 0.15) is 5.52 Å². The van der Waals surface area contributed by atoms with Gasteiger partial charge in [0, 0.05) is 21.9 Å². The molecular formula is C39H22BrN3. The summed E-state index contributed by atoms with van der Waals surface area (Å²) in [6.07, 6.45) is 0. The molecule has 0 aliphatic carbocycles. The van der Waals surface area contributed by atoms with Crippen LogP contribution in [0.5, 0.6) is 0 Å². The van der Waals surface area contributed by atoms with Gasteiger partial charge >= 0.3 is 0 Å². The number of benzene rings is 7. The van der Waals surface area contributed by atoms with Gasteiger partial charge in [-0.2, -0.15) is 0 Å². The lowest BCUT2D eigenvalue weighted by atomic mass is 9.92. The van der Waals surface area contributed by atoms with Crippen LogP contribution in [0.3, 0.4) is 0 Å². The van der Waals surface area contributed by atoms with E-state index in [0.717, 1.165) is 55.1 Å². The number of halogens is 1. The number of hydrogen-bond donors (Lipinski definition) is 0. The van der Waals surface area contributed by atoms with Crippen molar-refractivity contribution in [2.75, 3.05) is 0 Å². The Morgan fingerprint density at radius 1 is 0.372 bits per heavy atom. The van der Waals surface area contributed by atoms with E-state index >= 15 is 0 Å². The predicted octanol–water partition coefficient (Wildman–Crippen LogP) is 10.9. The Labute approximate surface area is 255 Å². The zero-order valence-corrected chi connectivity index (χ0v) is 24.5. The first kappa shape index (κ1) is 24.4. The van der Waals surface area contributed by atoms with Crippen LogP contribution in [-0.4, -0.2) is 15.0 Å². The first-order chi connectivity index (χ1) is 21.2. The SMILES string of the molecule is Brc1nc(-c2c3ccccc3cc3ccccc23)c2ccc3ccc(-c4c5ccccc5cc5ccccc45)nc3c2n1. The van der Waals surface area contributed by atoms with Crippen molar-refractivity contribution in [3.05, 3.63) is 138 Å². The standard InChI is InChI=1S/C39H22BrN3/c40-39-42-37(35-30-15-7-3-11-26(30)22-27-12-4-8-16-31(27)35)32-19-17-23-18-20-33(41-36(23)38(32)43-39)34-28-13-5-1-9-24(28)21-25-10-2-6-14-29(25)34/h1-22H. The summed E-state index contributed by atoms with van der Waals surface area (Å²) < 4.78 is 0.544. The molecule has 0 amide bonds. The van der Waals surface area contributed by atoms with Crippen molar-refractivity contribution in [3.8, 4) is 22.5 Å². The third-order valence-corrected chi connectivity index (χ3v) is 8.89. The largest absolute Gasteiger partial charge is 0.245 e. The average Bonchev–Trinajstić information content (AvgIpc) is 3.05. The maximum atomic E-state index is 5.36. The Bertz CT molecular complexity index is 2480.